The van der Waals surface area contributed by atoms with E-state index in [2.05, 4.69) is 26.7 Å². The monoisotopic (exact) mass is 339 g/mol. The lowest BCUT2D eigenvalue weighted by Crippen LogP contribution is -2.49. The van der Waals surface area contributed by atoms with Gasteiger partial charge in [-0.25, -0.2) is 0 Å². The predicted molar refractivity (Wildman–Crippen MR) is 98.7 cm³/mol. The fourth-order valence-electron chi connectivity index (χ4n) is 3.33. The first-order valence-electron chi connectivity index (χ1n) is 8.40. The molecule has 0 saturated carbocycles. The summed E-state index contributed by atoms with van der Waals surface area (Å²) in [6.07, 6.45) is 2.99. The summed E-state index contributed by atoms with van der Waals surface area (Å²) in [7, 11) is 0. The molecule has 1 aromatic carbocycles. The lowest BCUT2D eigenvalue weighted by molar-refractivity contribution is 0.0640. The number of amides is 1. The number of aromatic nitrogens is 1. The molecule has 3 aromatic rings. The first kappa shape index (κ1) is 15.4. The van der Waals surface area contributed by atoms with Gasteiger partial charge in [-0.2, -0.15) is 11.3 Å². The predicted octanol–water partition coefficient (Wildman–Crippen LogP) is 3.23. The number of thiophene rings is 1. The van der Waals surface area contributed by atoms with Crippen molar-refractivity contribution in [1.29, 1.82) is 0 Å². The third-order valence-corrected chi connectivity index (χ3v) is 5.51. The van der Waals surface area contributed by atoms with Crippen LogP contribution in [0.3, 0.4) is 0 Å². The molecule has 1 saturated heterocycles. The fraction of sp³-hybridized carbons (Fsp3) is 0.316. The molecular weight excluding hydrogens is 318 g/mol. The minimum absolute atomic E-state index is 0.139. The van der Waals surface area contributed by atoms with Gasteiger partial charge in [-0.15, -0.1) is 0 Å². The number of aromatic amines is 1. The largest absolute Gasteiger partial charge is 0.361 e. The van der Waals surface area contributed by atoms with E-state index < -0.39 is 0 Å². The quantitative estimate of drug-likeness (QED) is 0.793. The third kappa shape index (κ3) is 3.09. The number of H-pyrrole nitrogens is 1. The van der Waals surface area contributed by atoms with Crippen LogP contribution in [0.2, 0.25) is 0 Å². The molecule has 24 heavy (non-hydrogen) atoms. The van der Waals surface area contributed by atoms with Crippen LogP contribution in [0.15, 0.2) is 47.3 Å². The van der Waals surface area contributed by atoms with Gasteiger partial charge in [0, 0.05) is 44.3 Å². The summed E-state index contributed by atoms with van der Waals surface area (Å²) < 4.78 is 0. The Balaban J connectivity index is 1.37. The minimum Gasteiger partial charge on any atom is -0.361 e. The SMILES string of the molecule is O=C(c1cccc2cc[nH]c12)N1CCN(CCc2ccsc2)CC1. The molecule has 1 amide bonds. The van der Waals surface area contributed by atoms with Gasteiger partial charge in [-0.05, 0) is 40.9 Å². The highest BCUT2D eigenvalue weighted by Crippen LogP contribution is 2.19. The number of hydrogen-bond donors (Lipinski definition) is 1. The van der Waals surface area contributed by atoms with Gasteiger partial charge in [0.2, 0.25) is 0 Å². The van der Waals surface area contributed by atoms with E-state index in [9.17, 15) is 4.79 Å². The Kier molecular flexibility index (Phi) is 4.36. The Morgan fingerprint density at radius 1 is 1.12 bits per heavy atom. The maximum absolute atomic E-state index is 12.9. The van der Waals surface area contributed by atoms with E-state index in [1.807, 2.05) is 35.4 Å². The molecule has 0 atom stereocenters. The van der Waals surface area contributed by atoms with Crippen LogP contribution in [0.1, 0.15) is 15.9 Å². The molecule has 0 unspecified atom stereocenters. The number of nitrogens with zero attached hydrogens (tertiary/aromatic N) is 2. The lowest BCUT2D eigenvalue weighted by Gasteiger charge is -2.34. The molecule has 0 spiro atoms. The van der Waals surface area contributed by atoms with Gasteiger partial charge in [0.05, 0.1) is 11.1 Å². The van der Waals surface area contributed by atoms with Crippen molar-refractivity contribution in [3.63, 3.8) is 0 Å². The van der Waals surface area contributed by atoms with Gasteiger partial charge >= 0.3 is 0 Å². The highest BCUT2D eigenvalue weighted by atomic mass is 32.1. The number of rotatable bonds is 4. The highest BCUT2D eigenvalue weighted by molar-refractivity contribution is 7.07. The first-order valence-corrected chi connectivity index (χ1v) is 9.34. The third-order valence-electron chi connectivity index (χ3n) is 4.77. The Bertz CT molecular complexity index is 816. The van der Waals surface area contributed by atoms with Gasteiger partial charge in [0.1, 0.15) is 0 Å². The highest BCUT2D eigenvalue weighted by Gasteiger charge is 2.23. The smallest absolute Gasteiger partial charge is 0.256 e. The Morgan fingerprint density at radius 2 is 2.00 bits per heavy atom. The number of carbonyl (C=O) groups is 1. The fourth-order valence-corrected chi connectivity index (χ4v) is 4.03. The van der Waals surface area contributed by atoms with Crippen LogP contribution in [0.4, 0.5) is 0 Å². The molecule has 3 heterocycles. The maximum atomic E-state index is 12.9. The Labute approximate surface area is 145 Å². The van der Waals surface area contributed by atoms with Crippen molar-refractivity contribution >= 4 is 28.1 Å². The standard InChI is InChI=1S/C19H21N3OS/c23-19(17-3-1-2-16-4-7-20-18(16)17)22-11-9-21(10-12-22)8-5-15-6-13-24-14-15/h1-4,6-7,13-14,20H,5,8-12H2. The van der Waals surface area contributed by atoms with Gasteiger partial charge < -0.3 is 9.88 Å². The van der Waals surface area contributed by atoms with Crippen LogP contribution in [0, 0.1) is 0 Å². The topological polar surface area (TPSA) is 39.3 Å². The second-order valence-electron chi connectivity index (χ2n) is 6.26. The summed E-state index contributed by atoms with van der Waals surface area (Å²) in [6, 6.07) is 10.1. The number of fused-ring (bicyclic) bond motifs is 1. The number of hydrogen-bond acceptors (Lipinski definition) is 3. The molecule has 1 fully saturated rings. The summed E-state index contributed by atoms with van der Waals surface area (Å²) in [5.41, 5.74) is 3.14. The van der Waals surface area contributed by atoms with Crippen LogP contribution in [-0.4, -0.2) is 53.4 Å². The van der Waals surface area contributed by atoms with Crippen LogP contribution in [0.25, 0.3) is 10.9 Å². The molecule has 4 nitrogen and oxygen atoms in total. The Morgan fingerprint density at radius 3 is 2.79 bits per heavy atom. The van der Waals surface area contributed by atoms with Crippen LogP contribution < -0.4 is 0 Å². The van der Waals surface area contributed by atoms with Crippen molar-refractivity contribution < 1.29 is 4.79 Å². The normalized spacial score (nSPS) is 15.9. The number of nitrogens with one attached hydrogen (secondary N) is 1. The summed E-state index contributed by atoms with van der Waals surface area (Å²) in [5, 5.41) is 5.44. The van der Waals surface area contributed by atoms with Crippen molar-refractivity contribution in [2.45, 2.75) is 6.42 Å². The summed E-state index contributed by atoms with van der Waals surface area (Å²) in [6.45, 7) is 4.59. The molecule has 0 radical (unpaired) electrons. The summed E-state index contributed by atoms with van der Waals surface area (Å²) in [5.74, 6) is 0.139. The molecule has 4 rings (SSSR count). The van der Waals surface area contributed by atoms with E-state index in [1.54, 1.807) is 11.3 Å². The number of carbonyl (C=O) groups excluding carboxylic acids is 1. The number of piperazine rings is 1. The van der Waals surface area contributed by atoms with Crippen molar-refractivity contribution in [2.75, 3.05) is 32.7 Å². The van der Waals surface area contributed by atoms with E-state index in [4.69, 9.17) is 0 Å². The van der Waals surface area contributed by atoms with Crippen molar-refractivity contribution in [2.24, 2.45) is 0 Å². The maximum Gasteiger partial charge on any atom is 0.256 e. The molecule has 1 N–H and O–H groups in total. The molecule has 2 aromatic heterocycles. The zero-order valence-electron chi connectivity index (χ0n) is 13.6. The second kappa shape index (κ2) is 6.79. The molecule has 124 valence electrons. The molecule has 1 aliphatic heterocycles. The Hall–Kier alpha value is -2.11. The molecule has 1 aliphatic rings. The minimum atomic E-state index is 0.139. The van der Waals surface area contributed by atoms with Gasteiger partial charge in [-0.1, -0.05) is 12.1 Å². The summed E-state index contributed by atoms with van der Waals surface area (Å²) >= 11 is 1.76. The zero-order valence-corrected chi connectivity index (χ0v) is 14.4. The average Bonchev–Trinajstić information content (AvgIpc) is 3.31. The van der Waals surface area contributed by atoms with Crippen LogP contribution >= 0.6 is 11.3 Å². The van der Waals surface area contributed by atoms with E-state index in [0.29, 0.717) is 0 Å². The molecule has 0 aliphatic carbocycles. The molecule has 0 bridgehead atoms. The average molecular weight is 339 g/mol. The van der Waals surface area contributed by atoms with Crippen LogP contribution in [-0.2, 0) is 6.42 Å². The van der Waals surface area contributed by atoms with E-state index in [0.717, 1.165) is 55.6 Å². The number of para-hydroxylation sites is 1. The van der Waals surface area contributed by atoms with Crippen molar-refractivity contribution in [1.82, 2.24) is 14.8 Å². The van der Waals surface area contributed by atoms with Gasteiger partial charge in [0.15, 0.2) is 0 Å². The van der Waals surface area contributed by atoms with Crippen LogP contribution in [0.5, 0.6) is 0 Å². The van der Waals surface area contributed by atoms with Crippen molar-refractivity contribution in [3.8, 4) is 0 Å². The lowest BCUT2D eigenvalue weighted by atomic mass is 10.1. The zero-order chi connectivity index (χ0) is 16.4. The molecule has 5 heteroatoms. The van der Waals surface area contributed by atoms with E-state index in [1.165, 1.54) is 5.56 Å². The van der Waals surface area contributed by atoms with E-state index in [-0.39, 0.29) is 5.91 Å². The number of benzene rings is 1. The van der Waals surface area contributed by atoms with E-state index >= 15 is 0 Å². The first-order chi connectivity index (χ1) is 11.8. The van der Waals surface area contributed by atoms with Gasteiger partial charge in [-0.3, -0.25) is 9.69 Å². The second-order valence-corrected chi connectivity index (χ2v) is 7.04. The molecular formula is C19H21N3OS. The van der Waals surface area contributed by atoms with Crippen molar-refractivity contribution in [3.05, 3.63) is 58.4 Å². The summed E-state index contributed by atoms with van der Waals surface area (Å²) in [4.78, 5) is 20.5. The van der Waals surface area contributed by atoms with Gasteiger partial charge in [0.25, 0.3) is 5.91 Å².